The Hall–Kier alpha value is -1.00. The van der Waals surface area contributed by atoms with E-state index in [1.54, 1.807) is 6.07 Å². The van der Waals surface area contributed by atoms with Crippen LogP contribution in [-0.4, -0.2) is 30.6 Å². The first kappa shape index (κ1) is 15.4. The van der Waals surface area contributed by atoms with Crippen molar-refractivity contribution in [3.8, 4) is 0 Å². The highest BCUT2D eigenvalue weighted by molar-refractivity contribution is 5.25. The Morgan fingerprint density at radius 1 is 1.25 bits per heavy atom. The van der Waals surface area contributed by atoms with Crippen molar-refractivity contribution in [3.05, 3.63) is 35.4 Å². The van der Waals surface area contributed by atoms with Crippen LogP contribution in [0.5, 0.6) is 0 Å². The lowest BCUT2D eigenvalue weighted by atomic mass is 9.83. The molecule has 0 amide bonds. The number of likely N-dealkylation sites (N-methyl/N-ethyl adjacent to an activating group) is 1. The molecule has 2 atom stereocenters. The molecular weight excluding hydrogens is 258 g/mol. The van der Waals surface area contributed by atoms with Crippen LogP contribution in [0.1, 0.15) is 44.7 Å². The van der Waals surface area contributed by atoms with E-state index >= 15 is 0 Å². The third kappa shape index (κ3) is 2.72. The molecule has 20 heavy (non-hydrogen) atoms. The summed E-state index contributed by atoms with van der Waals surface area (Å²) in [5, 5.41) is 3.30. The molecule has 1 aromatic rings. The van der Waals surface area contributed by atoms with Crippen LogP contribution in [0.4, 0.5) is 8.78 Å². The molecule has 4 heteroatoms. The number of benzene rings is 1. The second-order valence-corrected chi connectivity index (χ2v) is 5.80. The van der Waals surface area contributed by atoms with E-state index in [4.69, 9.17) is 0 Å². The topological polar surface area (TPSA) is 15.3 Å². The predicted octanol–water partition coefficient (Wildman–Crippen LogP) is 3.49. The molecule has 1 aromatic carbocycles. The van der Waals surface area contributed by atoms with Crippen molar-refractivity contribution < 1.29 is 8.78 Å². The van der Waals surface area contributed by atoms with Crippen LogP contribution in [0, 0.1) is 11.6 Å². The van der Waals surface area contributed by atoms with Gasteiger partial charge in [0.25, 0.3) is 0 Å². The molecule has 112 valence electrons. The molecule has 1 fully saturated rings. The maximum Gasteiger partial charge on any atom is 0.159 e. The number of hydrogen-bond acceptors (Lipinski definition) is 2. The number of rotatable bonds is 5. The van der Waals surface area contributed by atoms with Crippen molar-refractivity contribution in [3.63, 3.8) is 0 Å². The standard InChI is InChI=1S/C16H24F2N2/c1-4-16(2,20-9-5-6-10-20)15(19-3)12-7-8-13(17)14(18)11-12/h7-8,11,15,19H,4-6,9-10H2,1-3H3. The molecule has 2 unspecified atom stereocenters. The Kier molecular flexibility index (Phi) is 4.76. The summed E-state index contributed by atoms with van der Waals surface area (Å²) in [5.74, 6) is -1.56. The number of likely N-dealkylation sites (tertiary alicyclic amines) is 1. The Balaban J connectivity index is 2.35. The summed E-state index contributed by atoms with van der Waals surface area (Å²) in [4.78, 5) is 2.47. The fraction of sp³-hybridized carbons (Fsp3) is 0.625. The molecule has 1 heterocycles. The lowest BCUT2D eigenvalue weighted by molar-refractivity contribution is 0.0871. The van der Waals surface area contributed by atoms with Crippen LogP contribution in [-0.2, 0) is 0 Å². The number of nitrogens with zero attached hydrogens (tertiary/aromatic N) is 1. The molecule has 2 rings (SSSR count). The van der Waals surface area contributed by atoms with Gasteiger partial charge in [0.15, 0.2) is 11.6 Å². The molecule has 0 saturated carbocycles. The molecule has 0 radical (unpaired) electrons. The number of hydrogen-bond donors (Lipinski definition) is 1. The normalized spacial score (nSPS) is 20.9. The molecule has 0 spiro atoms. The SMILES string of the molecule is CCC(C)(C(NC)c1ccc(F)c(F)c1)N1CCCC1. The summed E-state index contributed by atoms with van der Waals surface area (Å²) in [7, 11) is 1.88. The van der Waals surface area contributed by atoms with Crippen LogP contribution < -0.4 is 5.32 Å². The minimum Gasteiger partial charge on any atom is -0.311 e. The lowest BCUT2D eigenvalue weighted by Crippen LogP contribution is -2.52. The molecule has 0 bridgehead atoms. The van der Waals surface area contributed by atoms with Crippen molar-refractivity contribution in [2.75, 3.05) is 20.1 Å². The Morgan fingerprint density at radius 2 is 1.90 bits per heavy atom. The van der Waals surface area contributed by atoms with Crippen molar-refractivity contribution in [1.82, 2.24) is 10.2 Å². The first-order chi connectivity index (χ1) is 9.52. The van der Waals surface area contributed by atoms with Gasteiger partial charge in [-0.05, 0) is 64.0 Å². The fourth-order valence-corrected chi connectivity index (χ4v) is 3.37. The summed E-state index contributed by atoms with van der Waals surface area (Å²) >= 11 is 0. The second-order valence-electron chi connectivity index (χ2n) is 5.80. The highest BCUT2D eigenvalue weighted by Gasteiger charge is 2.39. The van der Waals surface area contributed by atoms with Crippen molar-refractivity contribution in [2.45, 2.75) is 44.7 Å². The third-order valence-corrected chi connectivity index (χ3v) is 4.73. The average molecular weight is 282 g/mol. The van der Waals surface area contributed by atoms with Gasteiger partial charge in [-0.1, -0.05) is 13.0 Å². The van der Waals surface area contributed by atoms with E-state index in [0.29, 0.717) is 0 Å². The van der Waals surface area contributed by atoms with E-state index in [1.165, 1.54) is 25.0 Å². The first-order valence-electron chi connectivity index (χ1n) is 7.40. The Bertz CT molecular complexity index is 458. The van der Waals surface area contributed by atoms with Gasteiger partial charge in [0.05, 0.1) is 6.04 Å². The van der Waals surface area contributed by atoms with Gasteiger partial charge in [0.2, 0.25) is 0 Å². The summed E-state index contributed by atoms with van der Waals surface area (Å²) in [6, 6.07) is 4.21. The molecule has 1 aliphatic rings. The smallest absolute Gasteiger partial charge is 0.159 e. The monoisotopic (exact) mass is 282 g/mol. The van der Waals surface area contributed by atoms with Gasteiger partial charge < -0.3 is 5.32 Å². The molecule has 2 nitrogen and oxygen atoms in total. The van der Waals surface area contributed by atoms with E-state index in [-0.39, 0.29) is 11.6 Å². The minimum atomic E-state index is -0.789. The van der Waals surface area contributed by atoms with Gasteiger partial charge in [-0.3, -0.25) is 4.90 Å². The van der Waals surface area contributed by atoms with Gasteiger partial charge in [-0.2, -0.15) is 0 Å². The molecule has 0 aliphatic carbocycles. The predicted molar refractivity (Wildman–Crippen MR) is 77.7 cm³/mol. The summed E-state index contributed by atoms with van der Waals surface area (Å²) in [6.45, 7) is 6.52. The van der Waals surface area contributed by atoms with E-state index in [1.807, 2.05) is 7.05 Å². The summed E-state index contributed by atoms with van der Waals surface area (Å²) < 4.78 is 26.7. The van der Waals surface area contributed by atoms with E-state index < -0.39 is 11.6 Å². The third-order valence-electron chi connectivity index (χ3n) is 4.73. The fourth-order valence-electron chi connectivity index (χ4n) is 3.37. The van der Waals surface area contributed by atoms with Crippen LogP contribution in [0.25, 0.3) is 0 Å². The second kappa shape index (κ2) is 6.19. The average Bonchev–Trinajstić information content (AvgIpc) is 2.98. The molecule has 1 aliphatic heterocycles. The Morgan fingerprint density at radius 3 is 2.40 bits per heavy atom. The molecular formula is C16H24F2N2. The maximum atomic E-state index is 13.5. The van der Waals surface area contributed by atoms with E-state index in [2.05, 4.69) is 24.1 Å². The highest BCUT2D eigenvalue weighted by atomic mass is 19.2. The van der Waals surface area contributed by atoms with Gasteiger partial charge >= 0.3 is 0 Å². The zero-order chi connectivity index (χ0) is 14.8. The Labute approximate surface area is 120 Å². The molecule has 1 saturated heterocycles. The molecule has 1 N–H and O–H groups in total. The van der Waals surface area contributed by atoms with Crippen molar-refractivity contribution in [1.29, 1.82) is 0 Å². The van der Waals surface area contributed by atoms with Crippen molar-refractivity contribution >= 4 is 0 Å². The van der Waals surface area contributed by atoms with E-state index in [0.717, 1.165) is 25.1 Å². The van der Waals surface area contributed by atoms with Crippen LogP contribution in [0.3, 0.4) is 0 Å². The first-order valence-corrected chi connectivity index (χ1v) is 7.40. The molecule has 0 aromatic heterocycles. The zero-order valence-electron chi connectivity index (χ0n) is 12.5. The largest absolute Gasteiger partial charge is 0.311 e. The highest BCUT2D eigenvalue weighted by Crippen LogP contribution is 2.36. The summed E-state index contributed by atoms with van der Waals surface area (Å²) in [5.41, 5.74) is 0.720. The minimum absolute atomic E-state index is 0.0132. The summed E-state index contributed by atoms with van der Waals surface area (Å²) in [6.07, 6.45) is 3.38. The lowest BCUT2D eigenvalue weighted by Gasteiger charge is -2.44. The van der Waals surface area contributed by atoms with Gasteiger partial charge in [0.1, 0.15) is 0 Å². The van der Waals surface area contributed by atoms with Gasteiger partial charge in [-0.15, -0.1) is 0 Å². The van der Waals surface area contributed by atoms with E-state index in [9.17, 15) is 8.78 Å². The van der Waals surface area contributed by atoms with Crippen LogP contribution in [0.15, 0.2) is 18.2 Å². The number of nitrogens with one attached hydrogen (secondary N) is 1. The van der Waals surface area contributed by atoms with Crippen LogP contribution >= 0.6 is 0 Å². The van der Waals surface area contributed by atoms with Gasteiger partial charge in [-0.25, -0.2) is 8.78 Å². The zero-order valence-corrected chi connectivity index (χ0v) is 12.5. The van der Waals surface area contributed by atoms with Crippen LogP contribution in [0.2, 0.25) is 0 Å². The quantitative estimate of drug-likeness (QED) is 0.889. The maximum absolute atomic E-state index is 13.5. The van der Waals surface area contributed by atoms with Gasteiger partial charge in [0, 0.05) is 5.54 Å². The van der Waals surface area contributed by atoms with Crippen molar-refractivity contribution in [2.24, 2.45) is 0 Å². The number of halogens is 2.